The van der Waals surface area contributed by atoms with E-state index in [0.29, 0.717) is 16.6 Å². The molecule has 0 aliphatic heterocycles. The Balaban J connectivity index is 1.85. The monoisotopic (exact) mass is 511 g/mol. The Morgan fingerprint density at radius 3 is 2.44 bits per heavy atom. The number of hydrogen-bond donors (Lipinski definition) is 1. The quantitative estimate of drug-likeness (QED) is 0.278. The lowest BCUT2D eigenvalue weighted by Gasteiger charge is -2.11. The van der Waals surface area contributed by atoms with Crippen molar-refractivity contribution in [3.63, 3.8) is 0 Å². The molecule has 0 amide bonds. The minimum absolute atomic E-state index is 0.208. The molecule has 3 aromatic carbocycles. The van der Waals surface area contributed by atoms with Crippen molar-refractivity contribution in [2.24, 2.45) is 0 Å². The highest BCUT2D eigenvalue weighted by Crippen LogP contribution is 2.37. The van der Waals surface area contributed by atoms with Crippen molar-refractivity contribution in [1.29, 1.82) is 0 Å². The Labute approximate surface area is 205 Å². The number of carbonyl (C=O) groups is 1. The summed E-state index contributed by atoms with van der Waals surface area (Å²) < 4.78 is 2.74. The van der Waals surface area contributed by atoms with Crippen LogP contribution >= 0.6 is 15.9 Å². The fourth-order valence-corrected chi connectivity index (χ4v) is 4.65. The standard InChI is InChI=1S/C28H22BrN3O2/c1-16-9-10-17(2)25(13-16)32-18(3)26(27(31-32)19-7-5-4-6-8-19)24-15-22(28(33)34)21-14-20(29)11-12-23(21)30-24/h4-15H,1-3H3,(H,33,34). The van der Waals surface area contributed by atoms with E-state index in [2.05, 4.69) is 48.0 Å². The summed E-state index contributed by atoms with van der Waals surface area (Å²) in [7, 11) is 0. The molecular formula is C28H22BrN3O2. The van der Waals surface area contributed by atoms with Crippen molar-refractivity contribution in [2.75, 3.05) is 0 Å². The smallest absolute Gasteiger partial charge is 0.336 e. The molecule has 34 heavy (non-hydrogen) atoms. The molecule has 0 aliphatic carbocycles. The van der Waals surface area contributed by atoms with Crippen LogP contribution in [0.3, 0.4) is 0 Å². The fourth-order valence-electron chi connectivity index (χ4n) is 4.29. The average Bonchev–Trinajstić information content (AvgIpc) is 3.17. The molecule has 168 valence electrons. The van der Waals surface area contributed by atoms with E-state index in [0.717, 1.165) is 43.8 Å². The summed E-state index contributed by atoms with van der Waals surface area (Å²) in [4.78, 5) is 17.1. The third-order valence-electron chi connectivity index (χ3n) is 6.01. The van der Waals surface area contributed by atoms with Crippen LogP contribution in [0.2, 0.25) is 0 Å². The summed E-state index contributed by atoms with van der Waals surface area (Å²) in [5.74, 6) is -0.993. The zero-order chi connectivity index (χ0) is 24.0. The van der Waals surface area contributed by atoms with Crippen LogP contribution in [0, 0.1) is 20.8 Å². The number of aromatic nitrogens is 3. The zero-order valence-electron chi connectivity index (χ0n) is 19.0. The van der Waals surface area contributed by atoms with Crippen molar-refractivity contribution >= 4 is 32.8 Å². The number of aryl methyl sites for hydroxylation is 2. The minimum atomic E-state index is -0.993. The highest BCUT2D eigenvalue weighted by atomic mass is 79.9. The molecule has 0 saturated carbocycles. The third-order valence-corrected chi connectivity index (χ3v) is 6.51. The molecule has 0 aliphatic rings. The van der Waals surface area contributed by atoms with Gasteiger partial charge in [-0.15, -0.1) is 0 Å². The third kappa shape index (κ3) is 3.80. The maximum Gasteiger partial charge on any atom is 0.336 e. The molecule has 1 N–H and O–H groups in total. The van der Waals surface area contributed by atoms with Crippen LogP contribution in [-0.2, 0) is 0 Å². The van der Waals surface area contributed by atoms with Crippen LogP contribution in [0.15, 0.2) is 77.3 Å². The van der Waals surface area contributed by atoms with Crippen molar-refractivity contribution < 1.29 is 9.90 Å². The van der Waals surface area contributed by atoms with Gasteiger partial charge in [0.05, 0.1) is 28.2 Å². The Morgan fingerprint density at radius 2 is 1.71 bits per heavy atom. The number of carboxylic acid groups (broad SMARTS) is 1. The number of carboxylic acids is 1. The van der Waals surface area contributed by atoms with Gasteiger partial charge in [-0.2, -0.15) is 5.10 Å². The molecule has 0 radical (unpaired) electrons. The molecule has 0 fully saturated rings. The largest absolute Gasteiger partial charge is 0.478 e. The number of halogens is 1. The van der Waals surface area contributed by atoms with Crippen molar-refractivity contribution in [3.8, 4) is 28.2 Å². The van der Waals surface area contributed by atoms with E-state index in [1.165, 1.54) is 0 Å². The molecule has 5 aromatic rings. The van der Waals surface area contributed by atoms with Gasteiger partial charge in [0.25, 0.3) is 0 Å². The number of nitrogens with zero attached hydrogens (tertiary/aromatic N) is 3. The number of rotatable bonds is 4. The second kappa shape index (κ2) is 8.54. The fraction of sp³-hybridized carbons (Fsp3) is 0.107. The Bertz CT molecular complexity index is 1570. The summed E-state index contributed by atoms with van der Waals surface area (Å²) in [6.45, 7) is 6.12. The summed E-state index contributed by atoms with van der Waals surface area (Å²) >= 11 is 3.44. The lowest BCUT2D eigenvalue weighted by atomic mass is 10.00. The van der Waals surface area contributed by atoms with E-state index in [1.54, 1.807) is 12.1 Å². The van der Waals surface area contributed by atoms with Crippen molar-refractivity contribution in [2.45, 2.75) is 20.8 Å². The summed E-state index contributed by atoms with van der Waals surface area (Å²) in [6.07, 6.45) is 0. The summed E-state index contributed by atoms with van der Waals surface area (Å²) in [5, 5.41) is 15.6. The van der Waals surface area contributed by atoms with E-state index in [9.17, 15) is 9.90 Å². The summed E-state index contributed by atoms with van der Waals surface area (Å²) in [6, 6.07) is 23.4. The summed E-state index contributed by atoms with van der Waals surface area (Å²) in [5.41, 5.74) is 8.07. The number of benzene rings is 3. The van der Waals surface area contributed by atoms with E-state index >= 15 is 0 Å². The molecule has 0 spiro atoms. The minimum Gasteiger partial charge on any atom is -0.478 e. The highest BCUT2D eigenvalue weighted by Gasteiger charge is 2.23. The Morgan fingerprint density at radius 1 is 0.941 bits per heavy atom. The lowest BCUT2D eigenvalue weighted by molar-refractivity contribution is 0.0699. The van der Waals surface area contributed by atoms with Crippen molar-refractivity contribution in [1.82, 2.24) is 14.8 Å². The lowest BCUT2D eigenvalue weighted by Crippen LogP contribution is -2.03. The van der Waals surface area contributed by atoms with Gasteiger partial charge < -0.3 is 5.11 Å². The zero-order valence-corrected chi connectivity index (χ0v) is 20.6. The first-order valence-electron chi connectivity index (χ1n) is 10.9. The molecule has 0 atom stereocenters. The molecule has 2 heterocycles. The highest BCUT2D eigenvalue weighted by molar-refractivity contribution is 9.10. The van der Waals surface area contributed by atoms with Crippen LogP contribution in [0.5, 0.6) is 0 Å². The molecule has 6 heteroatoms. The maximum atomic E-state index is 12.2. The molecule has 5 nitrogen and oxygen atoms in total. The SMILES string of the molecule is Cc1ccc(C)c(-n2nc(-c3ccccc3)c(-c3cc(C(=O)O)c4cc(Br)ccc4n3)c2C)c1. The van der Waals surface area contributed by atoms with Gasteiger partial charge in [-0.3, -0.25) is 0 Å². The number of aromatic carboxylic acids is 1. The van der Waals surface area contributed by atoms with Crippen molar-refractivity contribution in [3.05, 3.63) is 99.7 Å². The van der Waals surface area contributed by atoms with Crippen LogP contribution in [0.1, 0.15) is 27.2 Å². The first kappa shape index (κ1) is 22.0. The molecule has 5 rings (SSSR count). The van der Waals surface area contributed by atoms with Gasteiger partial charge in [0.1, 0.15) is 5.69 Å². The van der Waals surface area contributed by atoms with Gasteiger partial charge in [0, 0.05) is 21.0 Å². The van der Waals surface area contributed by atoms with Gasteiger partial charge >= 0.3 is 5.97 Å². The first-order chi connectivity index (χ1) is 16.3. The number of hydrogen-bond acceptors (Lipinski definition) is 3. The molecule has 2 aromatic heterocycles. The van der Waals surface area contributed by atoms with Gasteiger partial charge in [0.15, 0.2) is 0 Å². The van der Waals surface area contributed by atoms with E-state index < -0.39 is 5.97 Å². The first-order valence-corrected chi connectivity index (χ1v) is 11.7. The molecule has 0 unspecified atom stereocenters. The second-order valence-electron chi connectivity index (χ2n) is 8.40. The van der Waals surface area contributed by atoms with Gasteiger partial charge in [-0.1, -0.05) is 58.4 Å². The topological polar surface area (TPSA) is 68.0 Å². The Hall–Kier alpha value is -3.77. The van der Waals surface area contributed by atoms with Gasteiger partial charge in [-0.25, -0.2) is 14.5 Å². The second-order valence-corrected chi connectivity index (χ2v) is 9.31. The van der Waals surface area contributed by atoms with E-state index in [4.69, 9.17) is 10.1 Å². The van der Waals surface area contributed by atoms with Gasteiger partial charge in [0.2, 0.25) is 0 Å². The van der Waals surface area contributed by atoms with Gasteiger partial charge in [-0.05, 0) is 62.2 Å². The van der Waals surface area contributed by atoms with Crippen LogP contribution < -0.4 is 0 Å². The Kier molecular flexibility index (Phi) is 5.54. The maximum absolute atomic E-state index is 12.2. The number of pyridine rings is 1. The molecule has 0 saturated heterocycles. The van der Waals surface area contributed by atoms with Crippen LogP contribution in [0.25, 0.3) is 39.1 Å². The van der Waals surface area contributed by atoms with E-state index in [-0.39, 0.29) is 5.56 Å². The molecular weight excluding hydrogens is 490 g/mol. The predicted octanol–water partition coefficient (Wildman–Crippen LogP) is 7.14. The number of fused-ring (bicyclic) bond motifs is 1. The van der Waals surface area contributed by atoms with E-state index in [1.807, 2.05) is 54.1 Å². The van der Waals surface area contributed by atoms with Crippen LogP contribution in [-0.4, -0.2) is 25.8 Å². The predicted molar refractivity (Wildman–Crippen MR) is 139 cm³/mol. The molecule has 0 bridgehead atoms. The average molecular weight is 512 g/mol. The van der Waals surface area contributed by atoms with Crippen LogP contribution in [0.4, 0.5) is 0 Å². The normalized spacial score (nSPS) is 11.2.